The summed E-state index contributed by atoms with van der Waals surface area (Å²) in [5, 5.41) is 9.98. The summed E-state index contributed by atoms with van der Waals surface area (Å²) < 4.78 is 27.3. The van der Waals surface area contributed by atoms with Gasteiger partial charge in [-0.2, -0.15) is 13.5 Å². The first-order chi connectivity index (χ1) is 9.79. The van der Waals surface area contributed by atoms with E-state index >= 15 is 0 Å². The maximum Gasteiger partial charge on any atom is 0.280 e. The molecule has 0 atom stereocenters. The van der Waals surface area contributed by atoms with Crippen LogP contribution < -0.4 is 10.0 Å². The highest BCUT2D eigenvalue weighted by Crippen LogP contribution is 2.24. The Kier molecular flexibility index (Phi) is 4.64. The van der Waals surface area contributed by atoms with Gasteiger partial charge in [-0.25, -0.2) is 4.98 Å². The van der Waals surface area contributed by atoms with Crippen LogP contribution in [0, 0.1) is 13.8 Å². The number of hydrogen-bond donors (Lipinski definition) is 3. The molecule has 0 radical (unpaired) electrons. The molecule has 0 unspecified atom stereocenters. The topological polar surface area (TPSA) is 99.8 Å². The van der Waals surface area contributed by atoms with Gasteiger partial charge in [-0.15, -0.1) is 11.3 Å². The molecule has 116 valence electrons. The number of sulfonamides is 1. The van der Waals surface area contributed by atoms with E-state index in [0.717, 1.165) is 10.6 Å². The van der Waals surface area contributed by atoms with Crippen molar-refractivity contribution in [3.63, 3.8) is 0 Å². The Bertz CT molecular complexity index is 698. The standard InChI is InChI=1S/C12H19N5O2S2/c1-7(2)13-5-10-6-14-16-11(10)21(18,19)17-12-15-8(3)9(4)20-12/h6-7,13H,5H2,1-4H3,(H,14,16)(H,15,17). The first-order valence-electron chi connectivity index (χ1n) is 6.52. The first-order valence-corrected chi connectivity index (χ1v) is 8.82. The molecule has 0 aliphatic heterocycles. The SMILES string of the molecule is Cc1nc(NS(=O)(=O)c2[nH]ncc2CNC(C)C)sc1C. The highest BCUT2D eigenvalue weighted by Gasteiger charge is 2.22. The zero-order valence-corrected chi connectivity index (χ0v) is 14.0. The molecule has 2 aromatic heterocycles. The molecule has 21 heavy (non-hydrogen) atoms. The Morgan fingerprint density at radius 1 is 1.38 bits per heavy atom. The molecule has 0 amide bonds. The van der Waals surface area contributed by atoms with E-state index in [4.69, 9.17) is 0 Å². The van der Waals surface area contributed by atoms with Crippen molar-refractivity contribution in [2.75, 3.05) is 4.72 Å². The largest absolute Gasteiger partial charge is 0.310 e. The van der Waals surface area contributed by atoms with Crippen molar-refractivity contribution in [1.82, 2.24) is 20.5 Å². The molecular formula is C12H19N5O2S2. The molecule has 0 saturated heterocycles. The van der Waals surface area contributed by atoms with Crippen LogP contribution in [0.15, 0.2) is 11.2 Å². The van der Waals surface area contributed by atoms with Crippen LogP contribution in [-0.4, -0.2) is 29.6 Å². The van der Waals surface area contributed by atoms with E-state index in [1.54, 1.807) is 0 Å². The molecular weight excluding hydrogens is 310 g/mol. The summed E-state index contributed by atoms with van der Waals surface area (Å²) >= 11 is 1.31. The molecule has 7 nitrogen and oxygen atoms in total. The number of anilines is 1. The van der Waals surface area contributed by atoms with Crippen molar-refractivity contribution in [2.45, 2.75) is 45.3 Å². The van der Waals surface area contributed by atoms with Crippen LogP contribution in [0.4, 0.5) is 5.13 Å². The zero-order chi connectivity index (χ0) is 15.6. The average Bonchev–Trinajstić information content (AvgIpc) is 2.94. The van der Waals surface area contributed by atoms with Gasteiger partial charge in [-0.05, 0) is 13.8 Å². The molecule has 0 bridgehead atoms. The van der Waals surface area contributed by atoms with Crippen LogP contribution in [0.1, 0.15) is 30.0 Å². The van der Waals surface area contributed by atoms with Gasteiger partial charge in [-0.1, -0.05) is 13.8 Å². The van der Waals surface area contributed by atoms with Crippen LogP contribution in [0.5, 0.6) is 0 Å². The molecule has 0 aliphatic rings. The molecule has 2 heterocycles. The minimum Gasteiger partial charge on any atom is -0.310 e. The molecule has 0 fully saturated rings. The minimum absolute atomic E-state index is 0.0705. The lowest BCUT2D eigenvalue weighted by atomic mass is 10.3. The number of thiazole rings is 1. The lowest BCUT2D eigenvalue weighted by molar-refractivity contribution is 0.574. The van der Waals surface area contributed by atoms with Gasteiger partial charge in [0, 0.05) is 23.0 Å². The van der Waals surface area contributed by atoms with Gasteiger partial charge < -0.3 is 5.32 Å². The lowest BCUT2D eigenvalue weighted by Gasteiger charge is -2.09. The summed E-state index contributed by atoms with van der Waals surface area (Å²) in [6.45, 7) is 8.17. The second-order valence-corrected chi connectivity index (χ2v) is 7.85. The van der Waals surface area contributed by atoms with Crippen LogP contribution in [0.2, 0.25) is 0 Å². The summed E-state index contributed by atoms with van der Waals surface area (Å²) in [5.41, 5.74) is 1.42. The minimum atomic E-state index is -3.71. The molecule has 0 aliphatic carbocycles. The third kappa shape index (κ3) is 3.80. The summed E-state index contributed by atoms with van der Waals surface area (Å²) in [7, 11) is -3.71. The molecule has 0 aromatic carbocycles. The highest BCUT2D eigenvalue weighted by molar-refractivity contribution is 7.92. The van der Waals surface area contributed by atoms with Gasteiger partial charge in [0.05, 0.1) is 11.9 Å². The van der Waals surface area contributed by atoms with Crippen molar-refractivity contribution in [3.05, 3.63) is 22.3 Å². The van der Waals surface area contributed by atoms with Crippen LogP contribution in [-0.2, 0) is 16.6 Å². The molecule has 3 N–H and O–H groups in total. The number of hydrogen-bond acceptors (Lipinski definition) is 6. The number of aromatic amines is 1. The fourth-order valence-electron chi connectivity index (χ4n) is 1.65. The fourth-order valence-corrected chi connectivity index (χ4v) is 3.84. The van der Waals surface area contributed by atoms with Gasteiger partial charge in [0.1, 0.15) is 0 Å². The van der Waals surface area contributed by atoms with Crippen molar-refractivity contribution in [1.29, 1.82) is 0 Å². The van der Waals surface area contributed by atoms with Gasteiger partial charge >= 0.3 is 0 Å². The van der Waals surface area contributed by atoms with Crippen molar-refractivity contribution >= 4 is 26.5 Å². The number of nitrogens with zero attached hydrogens (tertiary/aromatic N) is 2. The Hall–Kier alpha value is -1.45. The normalized spacial score (nSPS) is 12.0. The van der Waals surface area contributed by atoms with E-state index in [1.165, 1.54) is 17.5 Å². The van der Waals surface area contributed by atoms with E-state index in [9.17, 15) is 8.42 Å². The second-order valence-electron chi connectivity index (χ2n) is 5.03. The number of nitrogens with one attached hydrogen (secondary N) is 3. The number of aromatic nitrogens is 3. The lowest BCUT2D eigenvalue weighted by Crippen LogP contribution is -2.23. The zero-order valence-electron chi connectivity index (χ0n) is 12.4. The van der Waals surface area contributed by atoms with Crippen molar-refractivity contribution < 1.29 is 8.42 Å². The number of H-pyrrole nitrogens is 1. The summed E-state index contributed by atoms with van der Waals surface area (Å²) in [6.07, 6.45) is 1.52. The van der Waals surface area contributed by atoms with E-state index in [1.807, 2.05) is 27.7 Å². The summed E-state index contributed by atoms with van der Waals surface area (Å²) in [5.74, 6) is 0. The number of rotatable bonds is 6. The Labute approximate surface area is 128 Å². The third-order valence-corrected chi connectivity index (χ3v) is 5.37. The predicted octanol–water partition coefficient (Wildman–Crippen LogP) is 1.78. The molecule has 2 aromatic rings. The second kappa shape index (κ2) is 6.12. The van der Waals surface area contributed by atoms with Gasteiger partial charge in [0.15, 0.2) is 10.2 Å². The van der Waals surface area contributed by atoms with Gasteiger partial charge in [0.2, 0.25) is 0 Å². The Morgan fingerprint density at radius 3 is 2.67 bits per heavy atom. The Morgan fingerprint density at radius 2 is 2.10 bits per heavy atom. The maximum atomic E-state index is 12.4. The van der Waals surface area contributed by atoms with Crippen LogP contribution in [0.25, 0.3) is 0 Å². The smallest absolute Gasteiger partial charge is 0.280 e. The quantitative estimate of drug-likeness (QED) is 0.750. The molecule has 2 rings (SSSR count). The van der Waals surface area contributed by atoms with Crippen LogP contribution >= 0.6 is 11.3 Å². The summed E-state index contributed by atoms with van der Waals surface area (Å²) in [6, 6.07) is 0.257. The Balaban J connectivity index is 2.21. The van der Waals surface area contributed by atoms with Gasteiger partial charge in [0.25, 0.3) is 10.0 Å². The van der Waals surface area contributed by atoms with E-state index in [2.05, 4.69) is 25.2 Å². The van der Waals surface area contributed by atoms with Gasteiger partial charge in [-0.3, -0.25) is 9.82 Å². The summed E-state index contributed by atoms with van der Waals surface area (Å²) in [4.78, 5) is 5.17. The molecule has 9 heteroatoms. The number of aryl methyl sites for hydroxylation is 2. The van der Waals surface area contributed by atoms with E-state index < -0.39 is 10.0 Å². The first kappa shape index (κ1) is 15.9. The van der Waals surface area contributed by atoms with E-state index in [0.29, 0.717) is 17.2 Å². The predicted molar refractivity (Wildman–Crippen MR) is 83.0 cm³/mol. The monoisotopic (exact) mass is 329 g/mol. The van der Waals surface area contributed by atoms with E-state index in [-0.39, 0.29) is 11.1 Å². The average molecular weight is 329 g/mol. The molecule has 0 spiro atoms. The van der Waals surface area contributed by atoms with Crippen LogP contribution in [0.3, 0.4) is 0 Å². The molecule has 0 saturated carbocycles. The van der Waals surface area contributed by atoms with Crippen molar-refractivity contribution in [3.8, 4) is 0 Å². The fraction of sp³-hybridized carbons (Fsp3) is 0.500. The van der Waals surface area contributed by atoms with Crippen molar-refractivity contribution in [2.24, 2.45) is 0 Å². The highest BCUT2D eigenvalue weighted by atomic mass is 32.2. The maximum absolute atomic E-state index is 12.4. The third-order valence-electron chi connectivity index (χ3n) is 2.90.